The Hall–Kier alpha value is 0.0365. The summed E-state index contributed by atoms with van der Waals surface area (Å²) >= 11 is -48.2. The van der Waals surface area contributed by atoms with Gasteiger partial charge in [0.2, 0.25) is 0 Å². The van der Waals surface area contributed by atoms with E-state index in [4.69, 9.17) is 132 Å². The van der Waals surface area contributed by atoms with Crippen molar-refractivity contribution in [3.8, 4) is 0 Å². The van der Waals surface area contributed by atoms with Crippen LogP contribution in [-0.4, -0.2) is 9.97 Å². The van der Waals surface area contributed by atoms with Crippen LogP contribution in [0, 0.1) is 0 Å². The molecular weight excluding hydrogens is 1410 g/mol. The van der Waals surface area contributed by atoms with E-state index in [-0.39, 0.29) is 24.0 Å². The Morgan fingerprint density at radius 2 is 0.400 bits per heavy atom. The molecule has 1 rings (SSSR count). The number of nitrogen functional groups attached to an aromatic ring is 3. The molecule has 1 aromatic rings. The summed E-state index contributed by atoms with van der Waals surface area (Å²) in [5, 5.41) is 0. The minimum absolute atomic E-state index is 0. The molecule has 0 bridgehead atoms. The number of nitrogens with one attached hydrogen (secondary N) is 1. The van der Waals surface area contributed by atoms with E-state index in [1.807, 2.05) is 0 Å². The first-order chi connectivity index (χ1) is 20.2. The minimum atomic E-state index is -6.02. The van der Waals surface area contributed by atoms with Crippen LogP contribution in [-0.2, 0) is 188 Å². The van der Waals surface area contributed by atoms with E-state index in [9.17, 15) is 0 Å². The van der Waals surface area contributed by atoms with Gasteiger partial charge in [0.25, 0.3) is 0 Å². The van der Waals surface area contributed by atoms with Crippen molar-refractivity contribution in [3.63, 3.8) is 0 Å². The molecule has 312 valence electrons. The fourth-order valence-electron chi connectivity index (χ4n) is 0.459. The van der Waals surface area contributed by atoms with Gasteiger partial charge in [-0.05, 0) is 0 Å². The van der Waals surface area contributed by atoms with E-state index in [1.54, 1.807) is 0 Å². The van der Waals surface area contributed by atoms with Gasteiger partial charge in [-0.1, -0.05) is 9.97 Å². The summed E-state index contributed by atoms with van der Waals surface area (Å²) in [6.07, 6.45) is 0. The van der Waals surface area contributed by atoms with Gasteiger partial charge in [-0.25, -0.2) is 4.98 Å². The van der Waals surface area contributed by atoms with Crippen molar-refractivity contribution in [2.45, 2.75) is 0 Å². The average molecular weight is 1420 g/mol. The molecule has 0 fully saturated rings. The Kier molecular flexibility index (Phi) is 44.9. The Morgan fingerprint density at radius 1 is 0.320 bits per heavy atom. The third kappa shape index (κ3) is 734. The summed E-state index contributed by atoms with van der Waals surface area (Å²) < 4.78 is 276. The molecule has 0 aromatic carbocycles. The zero-order valence-electron chi connectivity index (χ0n) is 22.0. The first-order valence-corrected chi connectivity index (χ1v) is 33.8. The summed E-state index contributed by atoms with van der Waals surface area (Å²) in [5.41, 5.74) is 15.5. The van der Waals surface area contributed by atoms with Crippen LogP contribution in [0.2, 0.25) is 0 Å². The summed E-state index contributed by atoms with van der Waals surface area (Å²) in [6.45, 7) is 0. The fraction of sp³-hybridized carbons (Fsp3) is 0. The van der Waals surface area contributed by atoms with Crippen LogP contribution in [0.1, 0.15) is 0 Å². The number of aromatic nitrogens is 3. The maximum atomic E-state index is 8.63. The number of nitrogens with two attached hydrogens (primary N) is 3. The third-order valence-corrected chi connectivity index (χ3v) is 0.726. The molecule has 0 atom stereocenters. The van der Waals surface area contributed by atoms with Crippen LogP contribution in [0.3, 0.4) is 0 Å². The molecule has 0 saturated heterocycles. The molecule has 0 spiro atoms. The van der Waals surface area contributed by atoms with E-state index in [1.165, 1.54) is 0 Å². The predicted molar refractivity (Wildman–Crippen MR) is 48.8 cm³/mol. The molecule has 0 aliphatic rings. The number of H-pyrrole nitrogens is 1. The number of quaternary nitrogens is 1. The van der Waals surface area contributed by atoms with E-state index < -0.39 is 134 Å². The van der Waals surface area contributed by atoms with Gasteiger partial charge in [-0.15, -0.1) is 0 Å². The molecule has 0 unspecified atom stereocenters. The average Bonchev–Trinajstić information content (AvgIpc) is 2.47. The van der Waals surface area contributed by atoms with Gasteiger partial charge < -0.3 is 23.4 Å². The number of rotatable bonds is 0. The van der Waals surface area contributed by atoms with Gasteiger partial charge in [-0.3, -0.25) is 0 Å². The van der Waals surface area contributed by atoms with Crippen LogP contribution in [0.5, 0.6) is 0 Å². The molecule has 11 N–H and O–H groups in total. The monoisotopic (exact) mass is 1440 g/mol. The molecule has 39 nitrogen and oxygen atoms in total. The SMILES string of the molecule is Nc1nc(N)[nH+]c(N)n1.[NH4+].[O]=[Mo](=[O])([O-])[O-].[O]=[Mo](=[O])([O-])[O-].[O]=[Mo](=[O])([O-])[O-].[O]=[Mo](=[O])([O-])[O-].[O]=[Mo](=[O])([O-])[O-].[O]=[Mo](=[O])([O-])[O-].[O]=[Mo](=[O])([O-])[O-].[O]=[Mo](=[O])([O-])[O-]. The number of hydrogen-bond acceptors (Lipinski definition) is 37. The third-order valence-electron chi connectivity index (χ3n) is 0.726. The van der Waals surface area contributed by atoms with Crippen LogP contribution >= 0.6 is 0 Å². The molecule has 0 amide bonds. The Morgan fingerprint density at radius 3 is 0.460 bits per heavy atom. The quantitative estimate of drug-likeness (QED) is 0.175. The zero-order chi connectivity index (χ0) is 42.9. The van der Waals surface area contributed by atoms with Crippen molar-refractivity contribution in [2.24, 2.45) is 0 Å². The molecule has 50 heavy (non-hydrogen) atoms. The molecule has 0 saturated carbocycles. The Labute approximate surface area is 300 Å². The van der Waals surface area contributed by atoms with Crippen molar-refractivity contribution < 1.29 is 253 Å². The van der Waals surface area contributed by atoms with Crippen molar-refractivity contribution in [2.75, 3.05) is 17.2 Å². The first kappa shape index (κ1) is 71.4. The molecule has 0 radical (unpaired) electrons. The molecule has 47 heteroatoms. The van der Waals surface area contributed by atoms with E-state index in [0.717, 1.165) is 0 Å². The normalized spacial score (nSPS) is 11.0. The number of anilines is 3. The van der Waals surface area contributed by atoms with Crippen LogP contribution in [0.4, 0.5) is 17.8 Å². The predicted octanol–water partition coefficient (Wildman–Crippen LogP) is -22.5. The van der Waals surface area contributed by atoms with Crippen LogP contribution in [0.25, 0.3) is 0 Å². The van der Waals surface area contributed by atoms with Crippen molar-refractivity contribution in [1.82, 2.24) is 16.1 Å². The second kappa shape index (κ2) is 31.4. The molecular formula is C3H11Mo8N7O32-14. The van der Waals surface area contributed by atoms with Crippen molar-refractivity contribution >= 4 is 17.8 Å². The van der Waals surface area contributed by atoms with Gasteiger partial charge >= 0.3 is 266 Å². The summed E-state index contributed by atoms with van der Waals surface area (Å²) in [4.78, 5) is 9.55. The zero-order valence-corrected chi connectivity index (χ0v) is 38.0. The number of aromatic amines is 1. The van der Waals surface area contributed by atoms with Crippen molar-refractivity contribution in [1.29, 1.82) is 0 Å². The first-order valence-electron chi connectivity index (χ1n) is 7.59. The summed E-state index contributed by atoms with van der Waals surface area (Å²) in [6, 6.07) is 0. The van der Waals surface area contributed by atoms with Gasteiger partial charge in [0.1, 0.15) is 0 Å². The summed E-state index contributed by atoms with van der Waals surface area (Å²) in [7, 11) is 0. The second-order valence-corrected chi connectivity index (χ2v) is 20.8. The topological polar surface area (TPSA) is 797 Å². The maximum absolute atomic E-state index is 8.63. The van der Waals surface area contributed by atoms with Gasteiger partial charge in [0.05, 0.1) is 0 Å². The molecule has 1 aromatic heterocycles. The number of hydrogen-bond donors (Lipinski definition) is 4. The second-order valence-electron chi connectivity index (χ2n) is 4.74. The standard InChI is InChI=1S/C3H6N6.8Mo.H3N.32O/c4-1-7-2(5)9-3(6)8-1;;;;;;;;;;;;;;;;;;;;;;;;;;;;;;;;;;;;;;;;;/h(H6,4,5,6,7,8,9);;;;;;;;;1H3;;;;;;;;;;;;;;;;;;;;;;;;;;;;;;;;/q;;;;;;;;;;;;;;;;;;;;;;;;;;16*-1/p+2. The fourth-order valence-corrected chi connectivity index (χ4v) is 0.459. The van der Waals surface area contributed by atoms with Crippen LogP contribution in [0.15, 0.2) is 0 Å². The van der Waals surface area contributed by atoms with Gasteiger partial charge in [0.15, 0.2) is 0 Å². The number of nitrogens with zero attached hydrogens (tertiary/aromatic N) is 2. The van der Waals surface area contributed by atoms with E-state index in [0.29, 0.717) is 0 Å². The molecule has 0 aliphatic carbocycles. The Bertz CT molecular complexity index is 1450. The molecule has 1 heterocycles. The summed E-state index contributed by atoms with van der Waals surface area (Å²) in [5.74, 6) is 0.406. The van der Waals surface area contributed by atoms with E-state index in [2.05, 4.69) is 15.0 Å². The van der Waals surface area contributed by atoms with Crippen LogP contribution < -0.4 is 88.5 Å². The molecule has 0 aliphatic heterocycles. The Balaban J connectivity index is -0.0000000545. The van der Waals surface area contributed by atoms with Crippen molar-refractivity contribution in [3.05, 3.63) is 0 Å². The van der Waals surface area contributed by atoms with Gasteiger partial charge in [-0.2, -0.15) is 0 Å². The van der Waals surface area contributed by atoms with E-state index >= 15 is 0 Å². The van der Waals surface area contributed by atoms with Gasteiger partial charge in [0, 0.05) is 0 Å².